The predicted octanol–water partition coefficient (Wildman–Crippen LogP) is 8.91. The van der Waals surface area contributed by atoms with Crippen LogP contribution in [-0.4, -0.2) is 22.9 Å². The van der Waals surface area contributed by atoms with E-state index in [9.17, 15) is 9.59 Å². The van der Waals surface area contributed by atoms with Crippen LogP contribution in [0.5, 0.6) is 0 Å². The Kier molecular flexibility index (Phi) is 11.8. The van der Waals surface area contributed by atoms with E-state index in [0.717, 1.165) is 36.3 Å². The molecule has 0 aliphatic carbocycles. The van der Waals surface area contributed by atoms with E-state index in [0.29, 0.717) is 42.4 Å². The van der Waals surface area contributed by atoms with Gasteiger partial charge < -0.3 is 14.6 Å². The van der Waals surface area contributed by atoms with Crippen molar-refractivity contribution in [2.45, 2.75) is 79.7 Å². The third-order valence-electron chi connectivity index (χ3n) is 8.30. The van der Waals surface area contributed by atoms with Crippen molar-refractivity contribution in [3.8, 4) is 0 Å². The maximum absolute atomic E-state index is 13.7. The van der Waals surface area contributed by atoms with E-state index in [-0.39, 0.29) is 17.8 Å². The molecule has 238 valence electrons. The summed E-state index contributed by atoms with van der Waals surface area (Å²) in [6, 6.07) is 27.6. The maximum atomic E-state index is 13.7. The van der Waals surface area contributed by atoms with Gasteiger partial charge in [-0.3, -0.25) is 9.59 Å². The number of nitrogens with zero attached hydrogens (tertiary/aromatic N) is 1. The summed E-state index contributed by atoms with van der Waals surface area (Å²) in [6.07, 6.45) is 3.68. The van der Waals surface area contributed by atoms with E-state index in [1.807, 2.05) is 48.9 Å². The zero-order chi connectivity index (χ0) is 32.5. The fourth-order valence-electron chi connectivity index (χ4n) is 6.06. The Morgan fingerprint density at radius 1 is 0.778 bits per heavy atom. The number of benzene rings is 3. The molecule has 0 saturated heterocycles. The number of esters is 1. The summed E-state index contributed by atoms with van der Waals surface area (Å²) in [6.45, 7) is 13.2. The molecular formula is C40H50N2O3. The second-order valence-corrected chi connectivity index (χ2v) is 12.9. The molecule has 0 saturated carbocycles. The molecule has 0 amide bonds. The summed E-state index contributed by atoms with van der Waals surface area (Å²) in [5.74, 6) is 0.999. The molecule has 0 aliphatic rings. The minimum atomic E-state index is -0.218. The van der Waals surface area contributed by atoms with Crippen molar-refractivity contribution >= 4 is 17.4 Å². The lowest BCUT2D eigenvalue weighted by molar-refractivity contribution is -0.143. The first-order valence-corrected chi connectivity index (χ1v) is 16.5. The molecule has 1 aromatic heterocycles. The first kappa shape index (κ1) is 33.8. The molecule has 5 heteroatoms. The summed E-state index contributed by atoms with van der Waals surface area (Å²) in [4.78, 5) is 25.6. The zero-order valence-electron chi connectivity index (χ0n) is 28.2. The highest BCUT2D eigenvalue weighted by Crippen LogP contribution is 2.29. The van der Waals surface area contributed by atoms with Gasteiger partial charge in [0.1, 0.15) is 0 Å². The molecule has 0 bridgehead atoms. The second-order valence-electron chi connectivity index (χ2n) is 12.9. The van der Waals surface area contributed by atoms with E-state index >= 15 is 0 Å². The van der Waals surface area contributed by atoms with Crippen LogP contribution in [0, 0.1) is 11.8 Å². The molecule has 45 heavy (non-hydrogen) atoms. The standard InChI is InChI=1S/C40H50N2O3/c1-8-37-36(26-35(42(37)7)22-23-38(43)45-9-2)40(44)33-18-20-34(21-19-33)41-39(31-14-10-29(11-15-31)24-27(3)4)32-16-12-30(13-17-32)25-28(5)6/h10-21,26-28,39,41H,8-9,22-25H2,1-7H3. The topological polar surface area (TPSA) is 60.3 Å². The van der Waals surface area contributed by atoms with E-state index in [1.54, 1.807) is 0 Å². The quantitative estimate of drug-likeness (QED) is 0.108. The molecule has 0 radical (unpaired) electrons. The molecule has 4 aromatic rings. The number of rotatable bonds is 15. The highest BCUT2D eigenvalue weighted by Gasteiger charge is 2.20. The summed E-state index contributed by atoms with van der Waals surface area (Å²) in [7, 11) is 1.97. The fourth-order valence-corrected chi connectivity index (χ4v) is 6.06. The number of aryl methyl sites for hydroxylation is 1. The molecule has 0 spiro atoms. The fraction of sp³-hybridized carbons (Fsp3) is 0.400. The number of ketones is 1. The minimum Gasteiger partial charge on any atom is -0.466 e. The maximum Gasteiger partial charge on any atom is 0.306 e. The van der Waals surface area contributed by atoms with Crippen LogP contribution in [0.1, 0.15) is 104 Å². The van der Waals surface area contributed by atoms with Crippen LogP contribution in [0.25, 0.3) is 0 Å². The van der Waals surface area contributed by atoms with E-state index in [2.05, 4.69) is 88.5 Å². The molecule has 0 fully saturated rings. The Hall–Kier alpha value is -4.12. The average Bonchev–Trinajstić information content (AvgIpc) is 3.34. The van der Waals surface area contributed by atoms with Gasteiger partial charge in [0, 0.05) is 35.2 Å². The van der Waals surface area contributed by atoms with Crippen LogP contribution >= 0.6 is 0 Å². The van der Waals surface area contributed by atoms with Gasteiger partial charge in [0.25, 0.3) is 0 Å². The van der Waals surface area contributed by atoms with Crippen molar-refractivity contribution in [1.29, 1.82) is 0 Å². The lowest BCUT2D eigenvalue weighted by Crippen LogP contribution is -2.13. The van der Waals surface area contributed by atoms with Crippen LogP contribution in [0.15, 0.2) is 78.9 Å². The van der Waals surface area contributed by atoms with Crippen LogP contribution < -0.4 is 5.32 Å². The summed E-state index contributed by atoms with van der Waals surface area (Å²) < 4.78 is 7.14. The highest BCUT2D eigenvalue weighted by molar-refractivity contribution is 6.10. The van der Waals surface area contributed by atoms with Gasteiger partial charge in [-0.25, -0.2) is 0 Å². The van der Waals surface area contributed by atoms with Crippen molar-refractivity contribution in [1.82, 2.24) is 4.57 Å². The lowest BCUT2D eigenvalue weighted by atomic mass is 9.93. The predicted molar refractivity (Wildman–Crippen MR) is 185 cm³/mol. The van der Waals surface area contributed by atoms with Gasteiger partial charge in [0.2, 0.25) is 0 Å². The van der Waals surface area contributed by atoms with E-state index in [1.165, 1.54) is 22.3 Å². The van der Waals surface area contributed by atoms with Gasteiger partial charge in [0.15, 0.2) is 5.78 Å². The van der Waals surface area contributed by atoms with Gasteiger partial charge in [-0.15, -0.1) is 0 Å². The number of aromatic nitrogens is 1. The smallest absolute Gasteiger partial charge is 0.306 e. The number of hydrogen-bond acceptors (Lipinski definition) is 4. The SMILES string of the molecule is CCOC(=O)CCc1cc(C(=O)c2ccc(NC(c3ccc(CC(C)C)cc3)c3ccc(CC(C)C)cc3)cc2)c(CC)n1C. The first-order chi connectivity index (χ1) is 21.6. The summed E-state index contributed by atoms with van der Waals surface area (Å²) in [5, 5.41) is 3.75. The van der Waals surface area contributed by atoms with Crippen molar-refractivity contribution < 1.29 is 14.3 Å². The van der Waals surface area contributed by atoms with Crippen LogP contribution in [-0.2, 0) is 42.3 Å². The summed E-state index contributed by atoms with van der Waals surface area (Å²) >= 11 is 0. The minimum absolute atomic E-state index is 0.00517. The molecule has 0 unspecified atom stereocenters. The summed E-state index contributed by atoms with van der Waals surface area (Å²) in [5.41, 5.74) is 9.32. The monoisotopic (exact) mass is 606 g/mol. The van der Waals surface area contributed by atoms with Gasteiger partial charge in [-0.1, -0.05) is 83.1 Å². The van der Waals surface area contributed by atoms with E-state index < -0.39 is 0 Å². The molecular weight excluding hydrogens is 556 g/mol. The van der Waals surface area contributed by atoms with Crippen molar-refractivity contribution in [3.63, 3.8) is 0 Å². The number of carbonyl (C=O) groups is 2. The largest absolute Gasteiger partial charge is 0.466 e. The van der Waals surface area contributed by atoms with Crippen LogP contribution in [0.4, 0.5) is 5.69 Å². The third kappa shape index (κ3) is 8.97. The van der Waals surface area contributed by atoms with Crippen molar-refractivity contribution in [3.05, 3.63) is 124 Å². The molecule has 0 atom stereocenters. The van der Waals surface area contributed by atoms with Gasteiger partial charge in [-0.05, 0) is 97.0 Å². The number of hydrogen-bond donors (Lipinski definition) is 1. The lowest BCUT2D eigenvalue weighted by Gasteiger charge is -2.22. The molecule has 3 aromatic carbocycles. The third-order valence-corrected chi connectivity index (χ3v) is 8.30. The van der Waals surface area contributed by atoms with Gasteiger partial charge in [0.05, 0.1) is 19.1 Å². The normalized spacial score (nSPS) is 11.4. The van der Waals surface area contributed by atoms with E-state index in [4.69, 9.17) is 4.74 Å². The molecule has 0 aliphatic heterocycles. The Morgan fingerprint density at radius 2 is 1.31 bits per heavy atom. The molecule has 5 nitrogen and oxygen atoms in total. The number of nitrogens with one attached hydrogen (secondary N) is 1. The van der Waals surface area contributed by atoms with Crippen LogP contribution in [0.2, 0.25) is 0 Å². The molecule has 1 heterocycles. The average molecular weight is 607 g/mol. The Morgan fingerprint density at radius 3 is 1.78 bits per heavy atom. The van der Waals surface area contributed by atoms with Crippen molar-refractivity contribution in [2.24, 2.45) is 18.9 Å². The van der Waals surface area contributed by atoms with Gasteiger partial charge in [-0.2, -0.15) is 0 Å². The second kappa shape index (κ2) is 15.7. The highest BCUT2D eigenvalue weighted by atomic mass is 16.5. The Balaban J connectivity index is 1.57. The molecule has 4 rings (SSSR count). The van der Waals surface area contributed by atoms with Crippen molar-refractivity contribution in [2.75, 3.05) is 11.9 Å². The number of anilines is 1. The zero-order valence-corrected chi connectivity index (χ0v) is 28.2. The number of ether oxygens (including phenoxy) is 1. The number of carbonyl (C=O) groups excluding carboxylic acids is 2. The Labute approximate surface area is 270 Å². The molecule has 1 N–H and O–H groups in total. The van der Waals surface area contributed by atoms with Crippen LogP contribution in [0.3, 0.4) is 0 Å². The Bertz CT molecular complexity index is 1490. The van der Waals surface area contributed by atoms with Gasteiger partial charge >= 0.3 is 5.97 Å². The first-order valence-electron chi connectivity index (χ1n) is 16.5.